The minimum atomic E-state index is 0.307. The summed E-state index contributed by atoms with van der Waals surface area (Å²) in [6, 6.07) is 5.98. The van der Waals surface area contributed by atoms with Crippen LogP contribution in [0.2, 0.25) is 0 Å². The van der Waals surface area contributed by atoms with Gasteiger partial charge in [-0.15, -0.1) is 0 Å². The van der Waals surface area contributed by atoms with E-state index in [9.17, 15) is 0 Å². The Kier molecular flexibility index (Phi) is 7.00. The monoisotopic (exact) mass is 320 g/mol. The van der Waals surface area contributed by atoms with Crippen LogP contribution in [-0.4, -0.2) is 50.9 Å². The zero-order valence-electron chi connectivity index (χ0n) is 14.4. The van der Waals surface area contributed by atoms with Crippen molar-refractivity contribution in [2.45, 2.75) is 26.8 Å². The molecule has 0 aliphatic carbocycles. The highest BCUT2D eigenvalue weighted by molar-refractivity contribution is 5.79. The average molecular weight is 320 g/mol. The molecule has 0 saturated heterocycles. The third kappa shape index (κ3) is 5.32. The third-order valence-corrected chi connectivity index (χ3v) is 3.83. The quantitative estimate of drug-likeness (QED) is 0.565. The van der Waals surface area contributed by atoms with Crippen LogP contribution < -0.4 is 20.1 Å². The van der Waals surface area contributed by atoms with Crippen LogP contribution >= 0.6 is 0 Å². The molecule has 0 spiro atoms. The van der Waals surface area contributed by atoms with E-state index in [4.69, 9.17) is 9.47 Å². The van der Waals surface area contributed by atoms with Crippen molar-refractivity contribution in [1.82, 2.24) is 15.5 Å². The predicted octanol–water partition coefficient (Wildman–Crippen LogP) is 1.81. The van der Waals surface area contributed by atoms with Gasteiger partial charge < -0.3 is 25.0 Å². The summed E-state index contributed by atoms with van der Waals surface area (Å²) in [6.45, 7) is 9.54. The number of rotatable bonds is 8. The van der Waals surface area contributed by atoms with Crippen LogP contribution in [-0.2, 0) is 6.54 Å². The molecule has 1 aromatic carbocycles. The Morgan fingerprint density at radius 2 is 2.00 bits per heavy atom. The van der Waals surface area contributed by atoms with E-state index < -0.39 is 0 Å². The maximum Gasteiger partial charge on any atom is 0.231 e. The SMILES string of the molecule is CCCN(CC)CCNC(=NC)NCc1ccc2c(c1)OCO2. The molecule has 0 fully saturated rings. The second-order valence-corrected chi connectivity index (χ2v) is 5.47. The number of likely N-dealkylation sites (N-methyl/N-ethyl adjacent to an activating group) is 1. The normalized spacial score (nSPS) is 13.5. The topological polar surface area (TPSA) is 58.1 Å². The van der Waals surface area contributed by atoms with E-state index in [1.807, 2.05) is 18.2 Å². The minimum absolute atomic E-state index is 0.307. The molecule has 6 nitrogen and oxygen atoms in total. The molecule has 2 rings (SSSR count). The molecule has 0 bridgehead atoms. The standard InChI is InChI=1S/C17H28N4O2/c1-4-9-21(5-2)10-8-19-17(18-3)20-12-14-6-7-15-16(11-14)23-13-22-15/h6-7,11H,4-5,8-10,12-13H2,1-3H3,(H2,18,19,20). The van der Waals surface area contributed by atoms with Crippen molar-refractivity contribution >= 4 is 5.96 Å². The first-order chi connectivity index (χ1) is 11.3. The van der Waals surface area contributed by atoms with Crippen LogP contribution in [0, 0.1) is 0 Å². The van der Waals surface area contributed by atoms with E-state index in [2.05, 4.69) is 34.4 Å². The van der Waals surface area contributed by atoms with Gasteiger partial charge in [-0.25, -0.2) is 0 Å². The van der Waals surface area contributed by atoms with E-state index in [1.165, 1.54) is 6.42 Å². The minimum Gasteiger partial charge on any atom is -0.454 e. The molecule has 2 N–H and O–H groups in total. The molecule has 0 amide bonds. The Bertz CT molecular complexity index is 519. The molecule has 1 aliphatic heterocycles. The smallest absolute Gasteiger partial charge is 0.231 e. The number of hydrogen-bond donors (Lipinski definition) is 2. The van der Waals surface area contributed by atoms with Crippen molar-refractivity contribution in [2.24, 2.45) is 4.99 Å². The van der Waals surface area contributed by atoms with Crippen LogP contribution in [0.15, 0.2) is 23.2 Å². The Hall–Kier alpha value is -1.95. The first-order valence-electron chi connectivity index (χ1n) is 8.32. The summed E-state index contributed by atoms with van der Waals surface area (Å²) >= 11 is 0. The molecule has 0 aromatic heterocycles. The average Bonchev–Trinajstić information content (AvgIpc) is 3.04. The van der Waals surface area contributed by atoms with Gasteiger partial charge in [0.25, 0.3) is 0 Å². The molecule has 1 aromatic rings. The zero-order valence-corrected chi connectivity index (χ0v) is 14.4. The second-order valence-electron chi connectivity index (χ2n) is 5.47. The fourth-order valence-corrected chi connectivity index (χ4v) is 2.53. The number of aliphatic imine (C=N–C) groups is 1. The number of guanidine groups is 1. The fourth-order valence-electron chi connectivity index (χ4n) is 2.53. The lowest BCUT2D eigenvalue weighted by atomic mass is 10.2. The number of benzene rings is 1. The van der Waals surface area contributed by atoms with E-state index in [1.54, 1.807) is 7.05 Å². The molecule has 1 aliphatic rings. The Morgan fingerprint density at radius 1 is 1.17 bits per heavy atom. The van der Waals surface area contributed by atoms with Crippen molar-refractivity contribution in [3.8, 4) is 11.5 Å². The number of nitrogens with one attached hydrogen (secondary N) is 2. The summed E-state index contributed by atoms with van der Waals surface area (Å²) < 4.78 is 10.7. The van der Waals surface area contributed by atoms with Crippen molar-refractivity contribution in [3.05, 3.63) is 23.8 Å². The van der Waals surface area contributed by atoms with Crippen LogP contribution in [0.1, 0.15) is 25.8 Å². The maximum atomic E-state index is 5.40. The lowest BCUT2D eigenvalue weighted by Crippen LogP contribution is -2.41. The first-order valence-corrected chi connectivity index (χ1v) is 8.32. The van der Waals surface area contributed by atoms with Gasteiger partial charge in [-0.1, -0.05) is 19.9 Å². The van der Waals surface area contributed by atoms with Gasteiger partial charge in [0.15, 0.2) is 17.5 Å². The van der Waals surface area contributed by atoms with Gasteiger partial charge in [-0.2, -0.15) is 0 Å². The molecular formula is C17H28N4O2. The van der Waals surface area contributed by atoms with Gasteiger partial charge in [0.05, 0.1) is 0 Å². The van der Waals surface area contributed by atoms with Gasteiger partial charge >= 0.3 is 0 Å². The van der Waals surface area contributed by atoms with Gasteiger partial charge in [0.1, 0.15) is 0 Å². The lowest BCUT2D eigenvalue weighted by Gasteiger charge is -2.20. The van der Waals surface area contributed by atoms with Crippen LogP contribution in [0.3, 0.4) is 0 Å². The van der Waals surface area contributed by atoms with Crippen LogP contribution in [0.4, 0.5) is 0 Å². The van der Waals surface area contributed by atoms with Crippen molar-refractivity contribution in [2.75, 3.05) is 40.0 Å². The first kappa shape index (κ1) is 17.4. The number of hydrogen-bond acceptors (Lipinski definition) is 4. The Balaban J connectivity index is 1.74. The Labute approximate surface area is 138 Å². The molecule has 0 saturated carbocycles. The highest BCUT2D eigenvalue weighted by Gasteiger charge is 2.13. The van der Waals surface area contributed by atoms with Gasteiger partial charge in [0, 0.05) is 26.7 Å². The van der Waals surface area contributed by atoms with Gasteiger partial charge in [0.2, 0.25) is 6.79 Å². The Morgan fingerprint density at radius 3 is 2.74 bits per heavy atom. The van der Waals surface area contributed by atoms with Crippen molar-refractivity contribution in [3.63, 3.8) is 0 Å². The van der Waals surface area contributed by atoms with Crippen LogP contribution in [0.5, 0.6) is 11.5 Å². The molecule has 1 heterocycles. The van der Waals surface area contributed by atoms with Crippen molar-refractivity contribution < 1.29 is 9.47 Å². The summed E-state index contributed by atoms with van der Waals surface area (Å²) in [6.07, 6.45) is 1.19. The van der Waals surface area contributed by atoms with Gasteiger partial charge in [-0.05, 0) is 37.2 Å². The summed E-state index contributed by atoms with van der Waals surface area (Å²) in [4.78, 5) is 6.69. The predicted molar refractivity (Wildman–Crippen MR) is 93.2 cm³/mol. The third-order valence-electron chi connectivity index (χ3n) is 3.83. The van der Waals surface area contributed by atoms with Crippen LogP contribution in [0.25, 0.3) is 0 Å². The van der Waals surface area contributed by atoms with E-state index >= 15 is 0 Å². The summed E-state index contributed by atoms with van der Waals surface area (Å²) in [5.41, 5.74) is 1.14. The fraction of sp³-hybridized carbons (Fsp3) is 0.588. The number of fused-ring (bicyclic) bond motifs is 1. The lowest BCUT2D eigenvalue weighted by molar-refractivity contribution is 0.174. The molecule has 23 heavy (non-hydrogen) atoms. The number of nitrogens with zero attached hydrogens (tertiary/aromatic N) is 2. The van der Waals surface area contributed by atoms with E-state index in [-0.39, 0.29) is 0 Å². The summed E-state index contributed by atoms with van der Waals surface area (Å²) in [5, 5.41) is 6.68. The zero-order chi connectivity index (χ0) is 16.5. The highest BCUT2D eigenvalue weighted by Crippen LogP contribution is 2.32. The number of ether oxygens (including phenoxy) is 2. The summed E-state index contributed by atoms with van der Waals surface area (Å²) in [7, 11) is 1.79. The molecular weight excluding hydrogens is 292 g/mol. The molecule has 6 heteroatoms. The molecule has 0 unspecified atom stereocenters. The summed E-state index contributed by atoms with van der Waals surface area (Å²) in [5.74, 6) is 2.44. The van der Waals surface area contributed by atoms with Crippen molar-refractivity contribution in [1.29, 1.82) is 0 Å². The molecule has 0 atom stereocenters. The highest BCUT2D eigenvalue weighted by atomic mass is 16.7. The largest absolute Gasteiger partial charge is 0.454 e. The second kappa shape index (κ2) is 9.25. The molecule has 128 valence electrons. The van der Waals surface area contributed by atoms with E-state index in [0.29, 0.717) is 13.3 Å². The molecule has 0 radical (unpaired) electrons. The van der Waals surface area contributed by atoms with E-state index in [0.717, 1.165) is 49.2 Å². The maximum absolute atomic E-state index is 5.40. The van der Waals surface area contributed by atoms with Gasteiger partial charge in [-0.3, -0.25) is 4.99 Å².